The maximum Gasteiger partial charge on any atom is 0.243 e. The lowest BCUT2D eigenvalue weighted by Crippen LogP contribution is -2.39. The van der Waals surface area contributed by atoms with E-state index in [1.54, 1.807) is 12.1 Å². The monoisotopic (exact) mass is 401 g/mol. The zero-order valence-electron chi connectivity index (χ0n) is 16.2. The summed E-state index contributed by atoms with van der Waals surface area (Å²) in [5, 5.41) is 2.93. The highest BCUT2D eigenvalue weighted by Crippen LogP contribution is 2.18. The molecule has 1 N–H and O–H groups in total. The van der Waals surface area contributed by atoms with E-state index < -0.39 is 10.0 Å². The number of amides is 1. The van der Waals surface area contributed by atoms with Crippen LogP contribution in [0.3, 0.4) is 0 Å². The summed E-state index contributed by atoms with van der Waals surface area (Å²) in [6, 6.07) is 16.7. The van der Waals surface area contributed by atoms with Crippen LogP contribution >= 0.6 is 0 Å². The predicted octanol–water partition coefficient (Wildman–Crippen LogP) is 2.01. The molecule has 150 valence electrons. The van der Waals surface area contributed by atoms with Gasteiger partial charge in [0.2, 0.25) is 15.9 Å². The molecule has 6 nitrogen and oxygen atoms in total. The van der Waals surface area contributed by atoms with Gasteiger partial charge in [-0.2, -0.15) is 4.31 Å². The van der Waals surface area contributed by atoms with Crippen LogP contribution in [-0.2, 0) is 21.4 Å². The quantitative estimate of drug-likeness (QED) is 0.804. The molecule has 1 heterocycles. The molecule has 28 heavy (non-hydrogen) atoms. The fraction of sp³-hybridized carbons (Fsp3) is 0.381. The molecule has 0 radical (unpaired) electrons. The Kier molecular flexibility index (Phi) is 6.83. The average Bonchev–Trinajstić information content (AvgIpc) is 2.94. The second kappa shape index (κ2) is 9.32. The smallest absolute Gasteiger partial charge is 0.243 e. The summed E-state index contributed by atoms with van der Waals surface area (Å²) in [5.74, 6) is -0.0429. The number of rotatable bonds is 6. The van der Waals surface area contributed by atoms with Gasteiger partial charge < -0.3 is 5.32 Å². The van der Waals surface area contributed by atoms with Crippen molar-refractivity contribution in [3.8, 4) is 0 Å². The van der Waals surface area contributed by atoms with Gasteiger partial charge >= 0.3 is 0 Å². The van der Waals surface area contributed by atoms with Crippen LogP contribution in [0.2, 0.25) is 0 Å². The minimum absolute atomic E-state index is 0.0429. The van der Waals surface area contributed by atoms with Crippen molar-refractivity contribution in [2.75, 3.05) is 32.7 Å². The predicted molar refractivity (Wildman–Crippen MR) is 109 cm³/mol. The van der Waals surface area contributed by atoms with Crippen LogP contribution in [0.5, 0.6) is 0 Å². The van der Waals surface area contributed by atoms with Gasteiger partial charge in [0.15, 0.2) is 0 Å². The first-order valence-corrected chi connectivity index (χ1v) is 11.0. The molecule has 2 aromatic rings. The minimum atomic E-state index is -3.49. The molecule has 0 aliphatic carbocycles. The molecule has 1 aliphatic rings. The summed E-state index contributed by atoms with van der Waals surface area (Å²) in [6.07, 6.45) is 0.705. The number of carbonyl (C=O) groups is 1. The molecular formula is C21H27N3O3S. The molecule has 0 saturated carbocycles. The number of sulfonamides is 1. The summed E-state index contributed by atoms with van der Waals surface area (Å²) in [5.41, 5.74) is 2.09. The Morgan fingerprint density at radius 2 is 1.68 bits per heavy atom. The van der Waals surface area contributed by atoms with Crippen molar-refractivity contribution in [3.63, 3.8) is 0 Å². The second-order valence-electron chi connectivity index (χ2n) is 7.11. The number of hydrogen-bond acceptors (Lipinski definition) is 4. The third kappa shape index (κ3) is 5.41. The summed E-state index contributed by atoms with van der Waals surface area (Å²) in [7, 11) is -3.49. The molecule has 7 heteroatoms. The molecular weight excluding hydrogens is 374 g/mol. The molecule has 2 aromatic carbocycles. The molecule has 0 spiro atoms. The van der Waals surface area contributed by atoms with Crippen molar-refractivity contribution in [2.24, 2.45) is 0 Å². The van der Waals surface area contributed by atoms with Gasteiger partial charge in [-0.15, -0.1) is 0 Å². The molecule has 1 aliphatic heterocycles. The SMILES string of the molecule is Cc1ccc(S(=O)(=O)N2CCCN(CC(=O)NCc3ccccc3)CC2)cc1. The van der Waals surface area contributed by atoms with E-state index in [1.807, 2.05) is 54.3 Å². The summed E-state index contributed by atoms with van der Waals surface area (Å²) in [4.78, 5) is 14.6. The van der Waals surface area contributed by atoms with E-state index in [-0.39, 0.29) is 12.5 Å². The maximum absolute atomic E-state index is 12.9. The normalized spacial score (nSPS) is 16.5. The second-order valence-corrected chi connectivity index (χ2v) is 9.05. The fourth-order valence-electron chi connectivity index (χ4n) is 3.26. The van der Waals surface area contributed by atoms with Gasteiger partial charge in [0.1, 0.15) is 0 Å². The third-order valence-corrected chi connectivity index (χ3v) is 6.82. The first-order valence-electron chi connectivity index (χ1n) is 9.55. The van der Waals surface area contributed by atoms with Crippen LogP contribution in [0.4, 0.5) is 0 Å². The molecule has 0 atom stereocenters. The summed E-state index contributed by atoms with van der Waals surface area (Å²) in [6.45, 7) is 4.83. The third-order valence-electron chi connectivity index (χ3n) is 4.91. The molecule has 0 aromatic heterocycles. The van der Waals surface area contributed by atoms with Gasteiger partial charge in [0.05, 0.1) is 11.4 Å². The Hall–Kier alpha value is -2.22. The van der Waals surface area contributed by atoms with Gasteiger partial charge in [-0.05, 0) is 37.6 Å². The summed E-state index contributed by atoms with van der Waals surface area (Å²) >= 11 is 0. The van der Waals surface area contributed by atoms with E-state index in [9.17, 15) is 13.2 Å². The van der Waals surface area contributed by atoms with Crippen LogP contribution in [-0.4, -0.2) is 56.3 Å². The van der Waals surface area contributed by atoms with E-state index in [0.717, 1.165) is 11.1 Å². The molecule has 1 amide bonds. The van der Waals surface area contributed by atoms with Crippen LogP contribution < -0.4 is 5.32 Å². The number of nitrogens with zero attached hydrogens (tertiary/aromatic N) is 2. The van der Waals surface area contributed by atoms with Gasteiger partial charge in [0.25, 0.3) is 0 Å². The summed E-state index contributed by atoms with van der Waals surface area (Å²) < 4.78 is 27.3. The lowest BCUT2D eigenvalue weighted by Gasteiger charge is -2.21. The van der Waals surface area contributed by atoms with Gasteiger partial charge in [0, 0.05) is 26.2 Å². The Morgan fingerprint density at radius 1 is 0.964 bits per heavy atom. The topological polar surface area (TPSA) is 69.7 Å². The fourth-order valence-corrected chi connectivity index (χ4v) is 4.73. The number of carbonyl (C=O) groups excluding carboxylic acids is 1. The van der Waals surface area contributed by atoms with Gasteiger partial charge in [-0.3, -0.25) is 9.69 Å². The van der Waals surface area contributed by atoms with E-state index >= 15 is 0 Å². The highest BCUT2D eigenvalue weighted by molar-refractivity contribution is 7.89. The molecule has 0 bridgehead atoms. The molecule has 3 rings (SSSR count). The molecule has 1 fully saturated rings. The number of nitrogens with one attached hydrogen (secondary N) is 1. The van der Waals surface area contributed by atoms with Crippen LogP contribution in [0.15, 0.2) is 59.5 Å². The van der Waals surface area contributed by atoms with Crippen molar-refractivity contribution >= 4 is 15.9 Å². The Bertz CT molecular complexity index is 883. The lowest BCUT2D eigenvalue weighted by molar-refractivity contribution is -0.122. The van der Waals surface area contributed by atoms with E-state index in [2.05, 4.69) is 5.32 Å². The highest BCUT2D eigenvalue weighted by Gasteiger charge is 2.27. The largest absolute Gasteiger partial charge is 0.351 e. The number of benzene rings is 2. The van der Waals surface area contributed by atoms with Crippen molar-refractivity contribution in [1.29, 1.82) is 0 Å². The number of hydrogen-bond donors (Lipinski definition) is 1. The van der Waals surface area contributed by atoms with Gasteiger partial charge in [-0.1, -0.05) is 48.0 Å². The maximum atomic E-state index is 12.9. The van der Waals surface area contributed by atoms with Crippen molar-refractivity contribution < 1.29 is 13.2 Å². The first kappa shape index (κ1) is 20.5. The number of aryl methyl sites for hydroxylation is 1. The zero-order valence-corrected chi connectivity index (χ0v) is 17.0. The van der Waals surface area contributed by atoms with E-state index in [1.165, 1.54) is 4.31 Å². The van der Waals surface area contributed by atoms with Crippen molar-refractivity contribution in [1.82, 2.24) is 14.5 Å². The molecule has 1 saturated heterocycles. The van der Waals surface area contributed by atoms with Gasteiger partial charge in [-0.25, -0.2) is 8.42 Å². The van der Waals surface area contributed by atoms with Crippen LogP contribution in [0.25, 0.3) is 0 Å². The molecule has 0 unspecified atom stereocenters. The highest BCUT2D eigenvalue weighted by atomic mass is 32.2. The minimum Gasteiger partial charge on any atom is -0.351 e. The zero-order chi connectivity index (χ0) is 20.0. The Labute approximate surface area is 167 Å². The average molecular weight is 402 g/mol. The Morgan fingerprint density at radius 3 is 2.39 bits per heavy atom. The van der Waals surface area contributed by atoms with E-state index in [4.69, 9.17) is 0 Å². The van der Waals surface area contributed by atoms with Crippen LogP contribution in [0, 0.1) is 6.92 Å². The van der Waals surface area contributed by atoms with Crippen LogP contribution in [0.1, 0.15) is 17.5 Å². The first-order chi connectivity index (χ1) is 13.4. The standard InChI is InChI=1S/C21H27N3O3S/c1-18-8-10-20(11-9-18)28(26,27)24-13-5-12-23(14-15-24)17-21(25)22-16-19-6-3-2-4-7-19/h2-4,6-11H,5,12-17H2,1H3,(H,22,25). The van der Waals surface area contributed by atoms with Crippen molar-refractivity contribution in [3.05, 3.63) is 65.7 Å². The Balaban J connectivity index is 1.53. The van der Waals surface area contributed by atoms with Crippen molar-refractivity contribution in [2.45, 2.75) is 24.8 Å². The van der Waals surface area contributed by atoms with E-state index in [0.29, 0.717) is 44.0 Å². The lowest BCUT2D eigenvalue weighted by atomic mass is 10.2.